The van der Waals surface area contributed by atoms with E-state index in [0.29, 0.717) is 0 Å². The maximum absolute atomic E-state index is 12.4. The quantitative estimate of drug-likeness (QED) is 0.607. The fraction of sp³-hybridized carbons (Fsp3) is 0.667. The van der Waals surface area contributed by atoms with Crippen molar-refractivity contribution in [2.75, 3.05) is 6.54 Å². The number of hydrogen-bond acceptors (Lipinski definition) is 3. The van der Waals surface area contributed by atoms with E-state index >= 15 is 0 Å². The lowest BCUT2D eigenvalue weighted by Gasteiger charge is -2.18. The van der Waals surface area contributed by atoms with Gasteiger partial charge in [0.05, 0.1) is 11.8 Å². The monoisotopic (exact) mass is 276 g/mol. The molecule has 2 aliphatic carbocycles. The summed E-state index contributed by atoms with van der Waals surface area (Å²) in [6.45, 7) is 3.75. The van der Waals surface area contributed by atoms with Gasteiger partial charge in [0.25, 0.3) is 0 Å². The van der Waals surface area contributed by atoms with Gasteiger partial charge in [-0.1, -0.05) is 19.1 Å². The molecule has 0 aromatic rings. The average Bonchev–Trinajstić information content (AvgIpc) is 3.08. The van der Waals surface area contributed by atoms with Crippen molar-refractivity contribution >= 4 is 17.7 Å². The third-order valence-corrected chi connectivity index (χ3v) is 4.88. The average molecular weight is 276 g/mol. The highest BCUT2D eigenvalue weighted by Gasteiger charge is 2.59. The predicted molar refractivity (Wildman–Crippen MR) is 72.3 cm³/mol. The summed E-state index contributed by atoms with van der Waals surface area (Å²) < 4.78 is 0. The second kappa shape index (κ2) is 4.72. The van der Waals surface area contributed by atoms with Crippen LogP contribution in [0.1, 0.15) is 26.7 Å². The second-order valence-corrected chi connectivity index (χ2v) is 6.14. The first-order valence-electron chi connectivity index (χ1n) is 7.35. The molecule has 5 atom stereocenters. The Kier molecular flexibility index (Phi) is 3.15. The van der Waals surface area contributed by atoms with Crippen molar-refractivity contribution in [3.05, 3.63) is 12.2 Å². The maximum Gasteiger partial charge on any atom is 0.240 e. The molecule has 1 saturated heterocycles. The number of carbonyl (C=O) groups is 3. The van der Waals surface area contributed by atoms with Crippen molar-refractivity contribution in [1.29, 1.82) is 0 Å². The van der Waals surface area contributed by atoms with Crippen LogP contribution in [-0.2, 0) is 14.4 Å². The van der Waals surface area contributed by atoms with E-state index in [9.17, 15) is 14.4 Å². The van der Waals surface area contributed by atoms with Crippen LogP contribution in [0.5, 0.6) is 0 Å². The Morgan fingerprint density at radius 3 is 2.35 bits per heavy atom. The molecule has 1 N–H and O–H groups in total. The zero-order valence-corrected chi connectivity index (χ0v) is 11.8. The van der Waals surface area contributed by atoms with Gasteiger partial charge in [0.15, 0.2) is 0 Å². The molecule has 1 saturated carbocycles. The van der Waals surface area contributed by atoms with E-state index in [1.807, 2.05) is 13.8 Å². The van der Waals surface area contributed by atoms with Crippen LogP contribution in [0.3, 0.4) is 0 Å². The zero-order chi connectivity index (χ0) is 14.4. The minimum Gasteiger partial charge on any atom is -0.352 e. The largest absolute Gasteiger partial charge is 0.352 e. The van der Waals surface area contributed by atoms with Crippen molar-refractivity contribution in [3.8, 4) is 0 Å². The molecule has 0 spiro atoms. The zero-order valence-electron chi connectivity index (χ0n) is 11.8. The van der Waals surface area contributed by atoms with Gasteiger partial charge in [0, 0.05) is 6.04 Å². The molecular weight excluding hydrogens is 256 g/mol. The fourth-order valence-electron chi connectivity index (χ4n) is 3.69. The molecule has 0 radical (unpaired) electrons. The van der Waals surface area contributed by atoms with E-state index in [1.54, 1.807) is 0 Å². The first-order chi connectivity index (χ1) is 9.52. The van der Waals surface area contributed by atoms with E-state index in [0.717, 1.165) is 12.8 Å². The number of fused-ring (bicyclic) bond motifs is 5. The number of nitrogens with one attached hydrogen (secondary N) is 1. The van der Waals surface area contributed by atoms with E-state index < -0.39 is 0 Å². The summed E-state index contributed by atoms with van der Waals surface area (Å²) in [6.07, 6.45) is 5.85. The molecule has 2 fully saturated rings. The maximum atomic E-state index is 12.4. The number of allylic oxidation sites excluding steroid dienone is 2. The minimum absolute atomic E-state index is 0.0626. The third-order valence-electron chi connectivity index (χ3n) is 4.88. The molecule has 5 nitrogen and oxygen atoms in total. The lowest BCUT2D eigenvalue weighted by atomic mass is 9.85. The molecule has 1 aliphatic heterocycles. The molecule has 5 heteroatoms. The molecule has 2 bridgehead atoms. The van der Waals surface area contributed by atoms with Crippen LogP contribution < -0.4 is 5.32 Å². The molecule has 3 rings (SSSR count). The van der Waals surface area contributed by atoms with Crippen LogP contribution in [-0.4, -0.2) is 35.2 Å². The summed E-state index contributed by atoms with van der Waals surface area (Å²) in [4.78, 5) is 37.8. The van der Waals surface area contributed by atoms with Crippen LogP contribution in [0.15, 0.2) is 12.2 Å². The van der Waals surface area contributed by atoms with Gasteiger partial charge in [-0.3, -0.25) is 19.3 Å². The first-order valence-corrected chi connectivity index (χ1v) is 7.35. The second-order valence-electron chi connectivity index (χ2n) is 6.14. The van der Waals surface area contributed by atoms with Crippen LogP contribution in [0, 0.1) is 23.7 Å². The minimum atomic E-state index is -0.249. The summed E-state index contributed by atoms with van der Waals surface area (Å²) in [5.74, 6) is -0.593. The normalized spacial score (nSPS) is 35.6. The predicted octanol–water partition coefficient (Wildman–Crippen LogP) is 0.708. The highest BCUT2D eigenvalue weighted by Crippen LogP contribution is 2.52. The summed E-state index contributed by atoms with van der Waals surface area (Å²) in [6, 6.07) is 0.0626. The Morgan fingerprint density at radius 1 is 1.30 bits per heavy atom. The van der Waals surface area contributed by atoms with Gasteiger partial charge in [-0.25, -0.2) is 0 Å². The van der Waals surface area contributed by atoms with Crippen molar-refractivity contribution in [2.24, 2.45) is 23.7 Å². The Balaban J connectivity index is 1.69. The standard InChI is InChI=1S/C15H20N2O3/c1-3-8(2)16-11(18)7-17-14(19)12-9-4-5-10(6-9)13(12)15(17)20/h4-5,8-10,12-13H,3,6-7H2,1-2H3,(H,16,18)/t8-,9-,10-,12-,13+/m0/s1. The van der Waals surface area contributed by atoms with Gasteiger partial charge >= 0.3 is 0 Å². The van der Waals surface area contributed by atoms with Crippen LogP contribution in [0.2, 0.25) is 0 Å². The van der Waals surface area contributed by atoms with Crippen LogP contribution in [0.4, 0.5) is 0 Å². The van der Waals surface area contributed by atoms with Crippen molar-refractivity contribution in [2.45, 2.75) is 32.7 Å². The summed E-state index contributed by atoms with van der Waals surface area (Å²) in [5, 5.41) is 2.80. The summed E-state index contributed by atoms with van der Waals surface area (Å²) in [7, 11) is 0. The Hall–Kier alpha value is -1.65. The molecule has 3 aliphatic rings. The summed E-state index contributed by atoms with van der Waals surface area (Å²) >= 11 is 0. The lowest BCUT2D eigenvalue weighted by molar-refractivity contribution is -0.144. The first kappa shape index (κ1) is 13.3. The van der Waals surface area contributed by atoms with Gasteiger partial charge < -0.3 is 5.32 Å². The van der Waals surface area contributed by atoms with Crippen molar-refractivity contribution < 1.29 is 14.4 Å². The van der Waals surface area contributed by atoms with Gasteiger partial charge in [-0.05, 0) is 31.6 Å². The molecule has 1 heterocycles. The van der Waals surface area contributed by atoms with Crippen molar-refractivity contribution in [1.82, 2.24) is 10.2 Å². The molecule has 20 heavy (non-hydrogen) atoms. The Morgan fingerprint density at radius 2 is 1.85 bits per heavy atom. The number of rotatable bonds is 4. The number of imide groups is 1. The molecule has 0 aromatic carbocycles. The van der Waals surface area contributed by atoms with Gasteiger partial charge in [-0.2, -0.15) is 0 Å². The Bertz CT molecular complexity index is 469. The van der Waals surface area contributed by atoms with Crippen molar-refractivity contribution in [3.63, 3.8) is 0 Å². The lowest BCUT2D eigenvalue weighted by Crippen LogP contribution is -2.44. The van der Waals surface area contributed by atoms with Crippen LogP contribution in [0.25, 0.3) is 0 Å². The van der Waals surface area contributed by atoms with E-state index in [-0.39, 0.29) is 54.0 Å². The molecular formula is C15H20N2O3. The van der Waals surface area contributed by atoms with Gasteiger partial charge in [-0.15, -0.1) is 0 Å². The topological polar surface area (TPSA) is 66.5 Å². The van der Waals surface area contributed by atoms with Crippen LogP contribution >= 0.6 is 0 Å². The van der Waals surface area contributed by atoms with Gasteiger partial charge in [0.1, 0.15) is 6.54 Å². The number of hydrogen-bond donors (Lipinski definition) is 1. The number of nitrogens with zero attached hydrogens (tertiary/aromatic N) is 1. The smallest absolute Gasteiger partial charge is 0.240 e. The fourth-order valence-corrected chi connectivity index (χ4v) is 3.69. The van der Waals surface area contributed by atoms with E-state index in [1.165, 1.54) is 4.90 Å². The number of likely N-dealkylation sites (tertiary alicyclic amines) is 1. The molecule has 108 valence electrons. The molecule has 3 amide bonds. The number of carbonyl (C=O) groups excluding carboxylic acids is 3. The number of amides is 3. The van der Waals surface area contributed by atoms with E-state index in [2.05, 4.69) is 17.5 Å². The summed E-state index contributed by atoms with van der Waals surface area (Å²) in [5.41, 5.74) is 0. The highest BCUT2D eigenvalue weighted by atomic mass is 16.2. The van der Waals surface area contributed by atoms with Gasteiger partial charge in [0.2, 0.25) is 17.7 Å². The Labute approximate surface area is 118 Å². The SMILES string of the molecule is CC[C@H](C)NC(=O)CN1C(=O)[C@@H]2[C@H](C1=O)[C@H]1C=C[C@H]2C1. The van der Waals surface area contributed by atoms with E-state index in [4.69, 9.17) is 0 Å². The highest BCUT2D eigenvalue weighted by molar-refractivity contribution is 6.08. The molecule has 0 aromatic heterocycles. The molecule has 0 unspecified atom stereocenters. The third kappa shape index (κ3) is 1.87.